The molecule has 2 heterocycles. The van der Waals surface area contributed by atoms with Crippen LogP contribution in [0.4, 0.5) is 4.79 Å². The number of nitrogens with one attached hydrogen (secondary N) is 1. The highest BCUT2D eigenvalue weighted by Crippen LogP contribution is 2.13. The molecule has 0 aromatic heterocycles. The van der Waals surface area contributed by atoms with E-state index in [0.717, 1.165) is 32.1 Å². The fourth-order valence-corrected chi connectivity index (χ4v) is 3.06. The van der Waals surface area contributed by atoms with Crippen molar-refractivity contribution in [3.8, 4) is 0 Å². The van der Waals surface area contributed by atoms with Crippen LogP contribution in [0.3, 0.4) is 0 Å². The molecule has 2 aliphatic heterocycles. The fraction of sp³-hybridized carbons (Fsp3) is 0.950. The molecule has 2 saturated heterocycles. The number of carbonyl (C=O) groups is 1. The van der Waals surface area contributed by atoms with E-state index in [1.165, 1.54) is 0 Å². The summed E-state index contributed by atoms with van der Waals surface area (Å²) in [4.78, 5) is 13.3. The fourth-order valence-electron chi connectivity index (χ4n) is 2.57. The van der Waals surface area contributed by atoms with Crippen LogP contribution in [-0.4, -0.2) is 82.9 Å². The molecule has 10 heteroatoms. The normalized spacial score (nSPS) is 21.6. The molecular weight excluding hydrogens is 410 g/mol. The zero-order valence-electron chi connectivity index (χ0n) is 16.9. The van der Waals surface area contributed by atoms with Crippen LogP contribution >= 0.6 is 0 Å². The highest BCUT2D eigenvalue weighted by molar-refractivity contribution is 7.88. The lowest BCUT2D eigenvalue weighted by Crippen LogP contribution is -2.49. The molecule has 0 aliphatic carbocycles. The van der Waals surface area contributed by atoms with Gasteiger partial charge in [-0.05, 0) is 40.0 Å². The number of hydrogen-bond acceptors (Lipinski definition) is 7. The lowest BCUT2D eigenvalue weighted by atomic mass is 10.1. The smallest absolute Gasteiger partial charge is 0.410 e. The van der Waals surface area contributed by atoms with Crippen molar-refractivity contribution in [3.05, 3.63) is 0 Å². The van der Waals surface area contributed by atoms with E-state index in [2.05, 4.69) is 4.72 Å². The second-order valence-corrected chi connectivity index (χ2v) is 9.60. The van der Waals surface area contributed by atoms with Crippen molar-refractivity contribution in [2.24, 2.45) is 5.73 Å². The van der Waals surface area contributed by atoms with E-state index in [1.807, 2.05) is 20.8 Å². The van der Waals surface area contributed by atoms with Crippen molar-refractivity contribution < 1.29 is 27.4 Å². The number of carbonyl (C=O) groups excluding carboxylic acids is 1. The first-order valence-electron chi connectivity index (χ1n) is 9.36. The Balaban J connectivity index is -0.000000450. The molecule has 0 bridgehead atoms. The maximum absolute atomic E-state index is 11.7. The van der Waals surface area contributed by atoms with Crippen LogP contribution in [0.2, 0.25) is 0 Å². The summed E-state index contributed by atoms with van der Waals surface area (Å²) in [5.74, 6) is 0. The predicted octanol–water partition coefficient (Wildman–Crippen LogP) is 2.59. The van der Waals surface area contributed by atoms with Crippen LogP contribution in [0.1, 0.15) is 62.3 Å². The topological polar surface area (TPSA) is 120 Å². The molecule has 2 rings (SSSR count). The van der Waals surface area contributed by atoms with E-state index in [4.69, 9.17) is 19.9 Å². The van der Waals surface area contributed by atoms with E-state index in [1.54, 1.807) is 4.90 Å². The minimum atomic E-state index is -3.05. The van der Waals surface area contributed by atoms with Crippen molar-refractivity contribution >= 4 is 16.1 Å². The summed E-state index contributed by atoms with van der Waals surface area (Å²) >= 11 is 0. The Labute approximate surface area is 185 Å². The predicted molar refractivity (Wildman–Crippen MR) is 123 cm³/mol. The Kier molecular flexibility index (Phi) is 17.7. The van der Waals surface area contributed by atoms with E-state index in [0.29, 0.717) is 32.8 Å². The molecule has 30 heavy (non-hydrogen) atoms. The summed E-state index contributed by atoms with van der Waals surface area (Å²) in [5, 5.41) is 0. The molecule has 2 atom stereocenters. The number of sulfonamides is 1. The number of hydrogen-bond donors (Lipinski definition) is 2. The van der Waals surface area contributed by atoms with Crippen LogP contribution in [0, 0.1) is 0 Å². The molecule has 0 aromatic rings. The number of nitrogens with two attached hydrogens (primary N) is 1. The van der Waals surface area contributed by atoms with Crippen molar-refractivity contribution in [3.63, 3.8) is 0 Å². The Morgan fingerprint density at radius 1 is 1.13 bits per heavy atom. The summed E-state index contributed by atoms with van der Waals surface area (Å²) in [6, 6.07) is 0. The van der Waals surface area contributed by atoms with Crippen molar-refractivity contribution in [1.29, 1.82) is 0 Å². The Bertz CT molecular complexity index is 545. The molecule has 0 spiro atoms. The molecule has 3 N–H and O–H groups in total. The average Bonchev–Trinajstić information content (AvgIpc) is 2.59. The molecular formula is C20H47N3O6S. The van der Waals surface area contributed by atoms with Gasteiger partial charge >= 0.3 is 6.09 Å². The number of rotatable bonds is 4. The summed E-state index contributed by atoms with van der Waals surface area (Å²) < 4.78 is 39.8. The van der Waals surface area contributed by atoms with Gasteiger partial charge in [0, 0.05) is 26.2 Å². The molecule has 2 aliphatic rings. The van der Waals surface area contributed by atoms with Gasteiger partial charge in [-0.2, -0.15) is 0 Å². The lowest BCUT2D eigenvalue weighted by Gasteiger charge is -2.33. The zero-order chi connectivity index (χ0) is 20.5. The molecule has 1 amide bonds. The van der Waals surface area contributed by atoms with Gasteiger partial charge in [0.1, 0.15) is 5.60 Å². The van der Waals surface area contributed by atoms with Gasteiger partial charge in [-0.1, -0.05) is 22.3 Å². The van der Waals surface area contributed by atoms with Crippen LogP contribution in [-0.2, 0) is 24.2 Å². The van der Waals surface area contributed by atoms with E-state index in [9.17, 15) is 13.2 Å². The average molecular weight is 458 g/mol. The SMILES string of the molecule is C.C.C.CC(C)(C)OC(=O)N1CCO[C@H](CN)C1.CS(=O)(=O)NC[C@@H]1CCCCO1. The van der Waals surface area contributed by atoms with E-state index in [-0.39, 0.29) is 40.6 Å². The van der Waals surface area contributed by atoms with Gasteiger partial charge in [-0.3, -0.25) is 0 Å². The molecule has 0 aromatic carbocycles. The first kappa shape index (κ1) is 33.7. The van der Waals surface area contributed by atoms with Crippen LogP contribution in [0.5, 0.6) is 0 Å². The summed E-state index contributed by atoms with van der Waals surface area (Å²) in [5.41, 5.74) is 5.04. The highest BCUT2D eigenvalue weighted by Gasteiger charge is 2.27. The monoisotopic (exact) mass is 457 g/mol. The molecule has 0 radical (unpaired) electrons. The molecule has 0 saturated carbocycles. The number of amides is 1. The zero-order valence-corrected chi connectivity index (χ0v) is 17.7. The Hall–Kier alpha value is -0.940. The van der Waals surface area contributed by atoms with Crippen LogP contribution < -0.4 is 10.5 Å². The Morgan fingerprint density at radius 2 is 1.73 bits per heavy atom. The second-order valence-electron chi connectivity index (χ2n) is 7.76. The highest BCUT2D eigenvalue weighted by atomic mass is 32.2. The van der Waals surface area contributed by atoms with Gasteiger partial charge in [0.15, 0.2) is 0 Å². The number of ether oxygens (including phenoxy) is 3. The van der Waals surface area contributed by atoms with Crippen LogP contribution in [0.25, 0.3) is 0 Å². The number of nitrogens with zero attached hydrogens (tertiary/aromatic N) is 1. The minimum Gasteiger partial charge on any atom is -0.444 e. The third kappa shape index (κ3) is 15.8. The quantitative estimate of drug-likeness (QED) is 0.665. The maximum atomic E-state index is 11.7. The van der Waals surface area contributed by atoms with Crippen LogP contribution in [0.15, 0.2) is 0 Å². The van der Waals surface area contributed by atoms with Gasteiger partial charge in [-0.25, -0.2) is 17.9 Å². The minimum absolute atomic E-state index is 0. The summed E-state index contributed by atoms with van der Waals surface area (Å²) in [6.07, 6.45) is 4.08. The van der Waals surface area contributed by atoms with Gasteiger partial charge in [0.2, 0.25) is 10.0 Å². The van der Waals surface area contributed by atoms with Gasteiger partial charge < -0.3 is 24.8 Å². The third-order valence-electron chi connectivity index (χ3n) is 3.90. The van der Waals surface area contributed by atoms with Crippen molar-refractivity contribution in [2.45, 2.75) is 80.1 Å². The van der Waals surface area contributed by atoms with Gasteiger partial charge in [0.05, 0.1) is 31.6 Å². The lowest BCUT2D eigenvalue weighted by molar-refractivity contribution is -0.0384. The Morgan fingerprint density at radius 3 is 2.20 bits per heavy atom. The first-order chi connectivity index (χ1) is 12.5. The number of morpholine rings is 1. The summed E-state index contributed by atoms with van der Waals surface area (Å²) in [7, 11) is -3.05. The van der Waals surface area contributed by atoms with E-state index < -0.39 is 15.6 Å². The van der Waals surface area contributed by atoms with Gasteiger partial charge in [0.25, 0.3) is 0 Å². The molecule has 9 nitrogen and oxygen atoms in total. The largest absolute Gasteiger partial charge is 0.444 e. The van der Waals surface area contributed by atoms with Gasteiger partial charge in [-0.15, -0.1) is 0 Å². The standard InChI is InChI=1S/C10H20N2O3.C7H15NO3S.3CH4/c1-10(2,3)15-9(13)12-4-5-14-8(6-11)7-12;1-12(9,10)8-6-7-4-2-3-5-11-7;;;/h8H,4-7,11H2,1-3H3;7-8H,2-6H2,1H3;3*1H4/t8-;7-;;;/m10.../s1. The molecule has 184 valence electrons. The second kappa shape index (κ2) is 15.8. The third-order valence-corrected chi connectivity index (χ3v) is 4.59. The molecule has 0 unspecified atom stereocenters. The first-order valence-corrected chi connectivity index (χ1v) is 11.2. The summed E-state index contributed by atoms with van der Waals surface area (Å²) in [6.45, 7) is 8.79. The van der Waals surface area contributed by atoms with Crippen molar-refractivity contribution in [2.75, 3.05) is 45.6 Å². The van der Waals surface area contributed by atoms with Crippen molar-refractivity contribution in [1.82, 2.24) is 9.62 Å². The van der Waals surface area contributed by atoms with E-state index >= 15 is 0 Å². The molecule has 2 fully saturated rings. The maximum Gasteiger partial charge on any atom is 0.410 e.